The van der Waals surface area contributed by atoms with Crippen molar-refractivity contribution in [2.45, 2.75) is 0 Å². The number of ether oxygens (including phenoxy) is 1. The molecule has 0 atom stereocenters. The summed E-state index contributed by atoms with van der Waals surface area (Å²) in [5.74, 6) is 0.766. The van der Waals surface area contributed by atoms with Crippen LogP contribution in [0, 0.1) is 0 Å². The Labute approximate surface area is 136 Å². The van der Waals surface area contributed by atoms with E-state index in [-0.39, 0.29) is 20.9 Å². The molecular weight excluding hydrogens is 341 g/mol. The Hall–Kier alpha value is -2.29. The summed E-state index contributed by atoms with van der Waals surface area (Å²) in [5, 5.41) is 0. The van der Waals surface area contributed by atoms with Crippen molar-refractivity contribution in [1.29, 1.82) is 0 Å². The van der Waals surface area contributed by atoms with Gasteiger partial charge in [-0.15, -0.1) is 0 Å². The summed E-state index contributed by atoms with van der Waals surface area (Å²) in [4.78, 5) is 16.0. The Balaban J connectivity index is 1.83. The third-order valence-corrected chi connectivity index (χ3v) is 5.16. The number of allylic oxidation sites excluding steroid dienone is 1. The van der Waals surface area contributed by atoms with Gasteiger partial charge in [0.25, 0.3) is 0 Å². The molecule has 110 valence electrons. The van der Waals surface area contributed by atoms with Crippen LogP contribution in [0.3, 0.4) is 0 Å². The first-order chi connectivity index (χ1) is 10.8. The molecular formula is C18H15NO2Se. The van der Waals surface area contributed by atoms with E-state index in [1.54, 1.807) is 18.1 Å². The molecule has 0 aromatic heterocycles. The number of benzene rings is 2. The van der Waals surface area contributed by atoms with Crippen molar-refractivity contribution in [2.75, 3.05) is 12.0 Å². The standard InChI is InChI=1S/C18H15NO2Se/c1-21-16-10-7-14(8-11-16)19-15(9-12-18(19)20)13-22-17-5-3-2-4-6-17/h2-13H,1H3/b15-13-. The molecule has 4 heteroatoms. The molecule has 2 aromatic rings. The molecule has 0 N–H and O–H groups in total. The molecule has 0 fully saturated rings. The van der Waals surface area contributed by atoms with Crippen molar-refractivity contribution in [1.82, 2.24) is 0 Å². The molecule has 2 aromatic carbocycles. The van der Waals surface area contributed by atoms with Crippen LogP contribution in [0.15, 0.2) is 77.4 Å². The van der Waals surface area contributed by atoms with E-state index in [4.69, 9.17) is 4.74 Å². The van der Waals surface area contributed by atoms with E-state index < -0.39 is 0 Å². The first-order valence-electron chi connectivity index (χ1n) is 6.86. The van der Waals surface area contributed by atoms with Gasteiger partial charge in [-0.05, 0) is 0 Å². The summed E-state index contributed by atoms with van der Waals surface area (Å²) in [7, 11) is 1.63. The maximum absolute atomic E-state index is 12.1. The van der Waals surface area contributed by atoms with Gasteiger partial charge in [-0.25, -0.2) is 0 Å². The van der Waals surface area contributed by atoms with E-state index in [9.17, 15) is 4.79 Å². The fraction of sp³-hybridized carbons (Fsp3) is 0.0556. The number of carbonyl (C=O) groups excluding carboxylic acids is 1. The van der Waals surface area contributed by atoms with E-state index in [0.29, 0.717) is 0 Å². The van der Waals surface area contributed by atoms with Gasteiger partial charge in [0.15, 0.2) is 0 Å². The van der Waals surface area contributed by atoms with E-state index in [1.807, 2.05) is 48.5 Å². The topological polar surface area (TPSA) is 29.5 Å². The minimum atomic E-state index is -0.0136. The van der Waals surface area contributed by atoms with Crippen LogP contribution in [0.5, 0.6) is 5.75 Å². The van der Waals surface area contributed by atoms with Gasteiger partial charge in [0, 0.05) is 0 Å². The van der Waals surface area contributed by atoms with Gasteiger partial charge in [0.1, 0.15) is 0 Å². The minimum absolute atomic E-state index is 0.0136. The van der Waals surface area contributed by atoms with Crippen LogP contribution in [-0.4, -0.2) is 28.0 Å². The summed E-state index contributed by atoms with van der Waals surface area (Å²) < 4.78 is 6.44. The SMILES string of the molecule is COc1ccc(N2C(=O)C=C/C2=C/[Se]c2ccccc2)cc1. The van der Waals surface area contributed by atoms with Gasteiger partial charge < -0.3 is 0 Å². The van der Waals surface area contributed by atoms with Crippen molar-refractivity contribution in [3.8, 4) is 5.75 Å². The summed E-state index contributed by atoms with van der Waals surface area (Å²) in [6, 6.07) is 17.8. The van der Waals surface area contributed by atoms with Crippen LogP contribution < -0.4 is 14.1 Å². The third-order valence-electron chi connectivity index (χ3n) is 3.26. The molecule has 0 bridgehead atoms. The average molecular weight is 356 g/mol. The summed E-state index contributed by atoms with van der Waals surface area (Å²) in [6.45, 7) is 0. The normalized spacial score (nSPS) is 15.6. The fourth-order valence-corrected chi connectivity index (χ4v) is 3.74. The number of rotatable bonds is 4. The first-order valence-corrected chi connectivity index (χ1v) is 8.70. The summed E-state index contributed by atoms with van der Waals surface area (Å²) >= 11 is 0.191. The van der Waals surface area contributed by atoms with Crippen molar-refractivity contribution < 1.29 is 9.53 Å². The average Bonchev–Trinajstić information content (AvgIpc) is 2.95. The van der Waals surface area contributed by atoms with Crippen LogP contribution in [0.1, 0.15) is 0 Å². The van der Waals surface area contributed by atoms with Crippen molar-refractivity contribution >= 4 is 31.0 Å². The number of hydrogen-bond acceptors (Lipinski definition) is 2. The van der Waals surface area contributed by atoms with Gasteiger partial charge in [-0.3, -0.25) is 0 Å². The molecule has 0 unspecified atom stereocenters. The summed E-state index contributed by atoms with van der Waals surface area (Å²) in [5.41, 5.74) is 1.78. The van der Waals surface area contributed by atoms with Gasteiger partial charge in [0.2, 0.25) is 0 Å². The zero-order chi connectivity index (χ0) is 15.4. The van der Waals surface area contributed by atoms with Gasteiger partial charge >= 0.3 is 136 Å². The molecule has 1 aliphatic heterocycles. The number of methoxy groups -OCH3 is 1. The zero-order valence-corrected chi connectivity index (χ0v) is 13.8. The molecule has 3 rings (SSSR count). The quantitative estimate of drug-likeness (QED) is 0.788. The molecule has 0 aliphatic carbocycles. The predicted octanol–water partition coefficient (Wildman–Crippen LogP) is 2.47. The van der Waals surface area contributed by atoms with Gasteiger partial charge in [-0.1, -0.05) is 0 Å². The summed E-state index contributed by atoms with van der Waals surface area (Å²) in [6.07, 6.45) is 3.48. The first kappa shape index (κ1) is 14.6. The van der Waals surface area contributed by atoms with Crippen LogP contribution in [0.4, 0.5) is 5.69 Å². The van der Waals surface area contributed by atoms with Crippen LogP contribution in [-0.2, 0) is 4.79 Å². The van der Waals surface area contributed by atoms with Crippen molar-refractivity contribution in [2.24, 2.45) is 0 Å². The number of carbonyl (C=O) groups is 1. The second kappa shape index (κ2) is 6.65. The molecule has 1 aliphatic rings. The van der Waals surface area contributed by atoms with Crippen molar-refractivity contribution in [3.63, 3.8) is 0 Å². The fourth-order valence-electron chi connectivity index (χ4n) is 2.16. The predicted molar refractivity (Wildman–Crippen MR) is 89.5 cm³/mol. The van der Waals surface area contributed by atoms with E-state index >= 15 is 0 Å². The molecule has 1 amide bonds. The van der Waals surface area contributed by atoms with Crippen LogP contribution >= 0.6 is 0 Å². The Morgan fingerprint density at radius 2 is 1.73 bits per heavy atom. The molecule has 3 nitrogen and oxygen atoms in total. The molecule has 0 saturated carbocycles. The Kier molecular flexibility index (Phi) is 4.42. The molecule has 0 saturated heterocycles. The Bertz CT molecular complexity index is 721. The Morgan fingerprint density at radius 1 is 1.00 bits per heavy atom. The van der Waals surface area contributed by atoms with E-state index in [0.717, 1.165) is 17.1 Å². The number of amides is 1. The van der Waals surface area contributed by atoms with E-state index in [2.05, 4.69) is 17.1 Å². The second-order valence-electron chi connectivity index (χ2n) is 4.68. The monoisotopic (exact) mass is 357 g/mol. The van der Waals surface area contributed by atoms with Gasteiger partial charge in [-0.2, -0.15) is 0 Å². The van der Waals surface area contributed by atoms with Crippen molar-refractivity contribution in [3.05, 3.63) is 77.4 Å². The molecule has 22 heavy (non-hydrogen) atoms. The number of hydrogen-bond donors (Lipinski definition) is 0. The van der Waals surface area contributed by atoms with Gasteiger partial charge in [0.05, 0.1) is 0 Å². The molecule has 0 radical (unpaired) electrons. The molecule has 1 heterocycles. The van der Waals surface area contributed by atoms with Crippen LogP contribution in [0.2, 0.25) is 0 Å². The second-order valence-corrected chi connectivity index (χ2v) is 6.66. The Morgan fingerprint density at radius 3 is 2.41 bits per heavy atom. The number of anilines is 1. The van der Waals surface area contributed by atoms with Crippen LogP contribution in [0.25, 0.3) is 0 Å². The van der Waals surface area contributed by atoms with E-state index in [1.165, 1.54) is 4.46 Å². The third kappa shape index (κ3) is 3.14. The zero-order valence-electron chi connectivity index (χ0n) is 12.1. The number of nitrogens with zero attached hydrogens (tertiary/aromatic N) is 1. The molecule has 0 spiro atoms. The maximum atomic E-state index is 12.1.